The van der Waals surface area contributed by atoms with Crippen molar-refractivity contribution in [1.82, 2.24) is 0 Å². The lowest BCUT2D eigenvalue weighted by Gasteiger charge is -2.11. The van der Waals surface area contributed by atoms with Gasteiger partial charge in [0.2, 0.25) is 0 Å². The van der Waals surface area contributed by atoms with Gasteiger partial charge < -0.3 is 0 Å². The van der Waals surface area contributed by atoms with Crippen molar-refractivity contribution in [2.24, 2.45) is 0 Å². The molecule has 1 rings (SSSR count). The third-order valence-electron chi connectivity index (χ3n) is 2.10. The van der Waals surface area contributed by atoms with Crippen LogP contribution in [0.25, 0.3) is 0 Å². The third-order valence-corrected chi connectivity index (χ3v) is 3.13. The molecule has 0 atom stereocenters. The van der Waals surface area contributed by atoms with Crippen molar-refractivity contribution < 1.29 is 18.0 Å². The summed E-state index contributed by atoms with van der Waals surface area (Å²) >= 11 is 1.11. The summed E-state index contributed by atoms with van der Waals surface area (Å²) in [5.74, 6) is 0.451. The van der Waals surface area contributed by atoms with Crippen molar-refractivity contribution >= 4 is 17.5 Å². The van der Waals surface area contributed by atoms with Crippen LogP contribution in [0.5, 0.6) is 0 Å². The smallest absolute Gasteiger partial charge is 0.300 e. The van der Waals surface area contributed by atoms with E-state index in [9.17, 15) is 18.0 Å². The highest BCUT2D eigenvalue weighted by atomic mass is 32.2. The Kier molecular flexibility index (Phi) is 5.47. The van der Waals surface area contributed by atoms with Crippen LogP contribution in [0.2, 0.25) is 0 Å². The second kappa shape index (κ2) is 6.64. The molecule has 0 heterocycles. The van der Waals surface area contributed by atoms with E-state index in [2.05, 4.69) is 0 Å². The van der Waals surface area contributed by atoms with Gasteiger partial charge >= 0.3 is 6.18 Å². The van der Waals surface area contributed by atoms with Gasteiger partial charge in [-0.1, -0.05) is 24.3 Å². The molecular formula is C13H13F3OS. The van der Waals surface area contributed by atoms with Crippen LogP contribution < -0.4 is 0 Å². The molecule has 0 N–H and O–H groups in total. The van der Waals surface area contributed by atoms with Gasteiger partial charge in [0.05, 0.1) is 5.56 Å². The van der Waals surface area contributed by atoms with Crippen LogP contribution in [-0.4, -0.2) is 11.5 Å². The van der Waals surface area contributed by atoms with E-state index in [0.29, 0.717) is 12.2 Å². The van der Waals surface area contributed by atoms with E-state index >= 15 is 0 Å². The number of allylic oxidation sites excluding steroid dienone is 1. The highest BCUT2D eigenvalue weighted by Gasteiger charge is 2.32. The fraction of sp³-hybridized carbons (Fsp3) is 0.308. The lowest BCUT2D eigenvalue weighted by atomic mass is 10.2. The second-order valence-electron chi connectivity index (χ2n) is 3.68. The molecule has 0 aromatic heterocycles. The Hall–Kier alpha value is -1.23. The Morgan fingerprint density at radius 3 is 2.56 bits per heavy atom. The normalized spacial score (nSPS) is 12.0. The van der Waals surface area contributed by atoms with Crippen molar-refractivity contribution in [3.8, 4) is 0 Å². The molecule has 0 saturated heterocycles. The largest absolute Gasteiger partial charge is 0.417 e. The lowest BCUT2D eigenvalue weighted by molar-refractivity contribution is -0.139. The van der Waals surface area contributed by atoms with E-state index in [0.717, 1.165) is 17.8 Å². The molecule has 0 aliphatic heterocycles. The second-order valence-corrected chi connectivity index (χ2v) is 4.74. The number of hydrogen-bond acceptors (Lipinski definition) is 2. The maximum absolute atomic E-state index is 12.7. The number of ketones is 1. The number of rotatable bonds is 5. The molecular weight excluding hydrogens is 261 g/mol. The SMILES string of the molecule is CC(=O)C/C=C/CSc1ccccc1C(F)(F)F. The highest BCUT2D eigenvalue weighted by Crippen LogP contribution is 2.36. The van der Waals surface area contributed by atoms with Gasteiger partial charge in [0.25, 0.3) is 0 Å². The predicted octanol–water partition coefficient (Wildman–Crippen LogP) is 4.33. The zero-order valence-electron chi connectivity index (χ0n) is 9.83. The fourth-order valence-electron chi connectivity index (χ4n) is 1.28. The van der Waals surface area contributed by atoms with Gasteiger partial charge in [-0.3, -0.25) is 4.79 Å². The number of alkyl halides is 3. The van der Waals surface area contributed by atoms with E-state index < -0.39 is 11.7 Å². The quantitative estimate of drug-likeness (QED) is 0.587. The van der Waals surface area contributed by atoms with Crippen LogP contribution in [0, 0.1) is 0 Å². The van der Waals surface area contributed by atoms with E-state index in [1.807, 2.05) is 0 Å². The summed E-state index contributed by atoms with van der Waals surface area (Å²) in [7, 11) is 0. The molecule has 0 aliphatic carbocycles. The Morgan fingerprint density at radius 1 is 1.28 bits per heavy atom. The van der Waals surface area contributed by atoms with Crippen LogP contribution in [0.15, 0.2) is 41.3 Å². The van der Waals surface area contributed by atoms with Crippen molar-refractivity contribution in [3.63, 3.8) is 0 Å². The minimum atomic E-state index is -4.33. The number of Topliss-reactive ketones (excluding diaryl/α,β-unsaturated/α-hetero) is 1. The van der Waals surface area contributed by atoms with Gasteiger partial charge in [0.1, 0.15) is 5.78 Å². The maximum atomic E-state index is 12.7. The Bertz CT molecular complexity index is 438. The molecule has 1 nitrogen and oxygen atoms in total. The maximum Gasteiger partial charge on any atom is 0.417 e. The predicted molar refractivity (Wildman–Crippen MR) is 66.6 cm³/mol. The number of halogens is 3. The molecule has 0 saturated carbocycles. The van der Waals surface area contributed by atoms with Crippen molar-refractivity contribution in [2.45, 2.75) is 24.4 Å². The van der Waals surface area contributed by atoms with E-state index in [4.69, 9.17) is 0 Å². The fourth-order valence-corrected chi connectivity index (χ4v) is 2.21. The molecule has 0 spiro atoms. The van der Waals surface area contributed by atoms with Gasteiger partial charge in [-0.25, -0.2) is 0 Å². The highest BCUT2D eigenvalue weighted by molar-refractivity contribution is 7.99. The molecule has 0 aliphatic rings. The van der Waals surface area contributed by atoms with Gasteiger partial charge in [-0.15, -0.1) is 11.8 Å². The van der Waals surface area contributed by atoms with Crippen LogP contribution in [0.3, 0.4) is 0 Å². The molecule has 5 heteroatoms. The van der Waals surface area contributed by atoms with E-state index in [-0.39, 0.29) is 10.7 Å². The number of benzene rings is 1. The summed E-state index contributed by atoms with van der Waals surface area (Å²) in [5, 5.41) is 0. The number of carbonyl (C=O) groups excluding carboxylic acids is 1. The van der Waals surface area contributed by atoms with Crippen LogP contribution in [0.4, 0.5) is 13.2 Å². The van der Waals surface area contributed by atoms with Crippen molar-refractivity contribution in [3.05, 3.63) is 42.0 Å². The average molecular weight is 274 g/mol. The molecule has 0 radical (unpaired) electrons. The number of hydrogen-bond donors (Lipinski definition) is 0. The number of carbonyl (C=O) groups is 1. The molecule has 0 unspecified atom stereocenters. The zero-order chi connectivity index (χ0) is 13.6. The topological polar surface area (TPSA) is 17.1 Å². The Morgan fingerprint density at radius 2 is 1.94 bits per heavy atom. The molecule has 0 fully saturated rings. The Balaban J connectivity index is 2.63. The summed E-state index contributed by atoms with van der Waals surface area (Å²) in [4.78, 5) is 10.9. The van der Waals surface area contributed by atoms with Crippen LogP contribution in [-0.2, 0) is 11.0 Å². The van der Waals surface area contributed by atoms with E-state index in [1.54, 1.807) is 18.2 Å². The zero-order valence-corrected chi connectivity index (χ0v) is 10.6. The summed E-state index contributed by atoms with van der Waals surface area (Å²) in [6.45, 7) is 1.47. The first-order valence-electron chi connectivity index (χ1n) is 5.34. The van der Waals surface area contributed by atoms with Gasteiger partial charge in [-0.2, -0.15) is 13.2 Å². The first-order valence-corrected chi connectivity index (χ1v) is 6.33. The monoisotopic (exact) mass is 274 g/mol. The summed E-state index contributed by atoms with van der Waals surface area (Å²) < 4.78 is 38.0. The van der Waals surface area contributed by atoms with Gasteiger partial charge in [-0.05, 0) is 19.1 Å². The first-order chi connectivity index (χ1) is 8.41. The van der Waals surface area contributed by atoms with Crippen LogP contribution in [0.1, 0.15) is 18.9 Å². The summed E-state index contributed by atoms with van der Waals surface area (Å²) in [6, 6.07) is 5.48. The first kappa shape index (κ1) is 14.8. The van der Waals surface area contributed by atoms with Crippen LogP contribution >= 0.6 is 11.8 Å². The molecule has 0 amide bonds. The van der Waals surface area contributed by atoms with E-state index in [1.165, 1.54) is 19.1 Å². The minimum absolute atomic E-state index is 0.0342. The molecule has 18 heavy (non-hydrogen) atoms. The van der Waals surface area contributed by atoms with Gasteiger partial charge in [0.15, 0.2) is 0 Å². The molecule has 1 aromatic rings. The standard InChI is InChI=1S/C13H13F3OS/c1-10(17)6-4-5-9-18-12-8-3-2-7-11(12)13(14,15)16/h2-5,7-8H,6,9H2,1H3/b5-4+. The minimum Gasteiger partial charge on any atom is -0.300 e. The molecule has 98 valence electrons. The third kappa shape index (κ3) is 4.96. The van der Waals surface area contributed by atoms with Gasteiger partial charge in [0, 0.05) is 17.1 Å². The Labute approximate surface area is 108 Å². The average Bonchev–Trinajstić information content (AvgIpc) is 2.27. The summed E-state index contributed by atoms with van der Waals surface area (Å²) in [5.41, 5.74) is -0.616. The molecule has 0 bridgehead atoms. The summed E-state index contributed by atoms with van der Waals surface area (Å²) in [6.07, 6.45) is -0.626. The molecule has 1 aromatic carbocycles. The number of thioether (sulfide) groups is 1. The lowest BCUT2D eigenvalue weighted by Crippen LogP contribution is -2.06. The van der Waals surface area contributed by atoms with Crippen molar-refractivity contribution in [2.75, 3.05) is 5.75 Å². The van der Waals surface area contributed by atoms with Crippen molar-refractivity contribution in [1.29, 1.82) is 0 Å².